The summed E-state index contributed by atoms with van der Waals surface area (Å²) >= 11 is 0. The topological polar surface area (TPSA) is 93.2 Å². The Morgan fingerprint density at radius 3 is 1.39 bits per heavy atom. The standard InChI is InChI=1S/C28H26N2O6/c1-14-13-28(2)22-20(24(31)29(26(22)33)15-5-9-17(35-3)10-6-15)19(14)21-23(28)27(34)30(25(21)32)16-7-11-18(36-4)12-8-16/h5-13,19-23H,1-4H3/t19?,20-,21-,22-,23+,28?/m0/s1. The van der Waals surface area contributed by atoms with Gasteiger partial charge in [0.15, 0.2) is 0 Å². The molecule has 0 aromatic heterocycles. The van der Waals surface area contributed by atoms with E-state index in [1.165, 1.54) is 9.80 Å². The zero-order chi connectivity index (χ0) is 25.5. The first-order valence-electron chi connectivity index (χ1n) is 12.0. The summed E-state index contributed by atoms with van der Waals surface area (Å²) in [5, 5.41) is 0. The van der Waals surface area contributed by atoms with Crippen LogP contribution >= 0.6 is 0 Å². The third-order valence-electron chi connectivity index (χ3n) is 8.54. The average Bonchev–Trinajstić information content (AvgIpc) is 3.30. The first-order chi connectivity index (χ1) is 17.2. The van der Waals surface area contributed by atoms with Gasteiger partial charge in [0.2, 0.25) is 23.6 Å². The number of carbonyl (C=O) groups is 4. The number of carbonyl (C=O) groups excluding carboxylic acids is 4. The van der Waals surface area contributed by atoms with Crippen molar-refractivity contribution in [2.24, 2.45) is 35.0 Å². The maximum absolute atomic E-state index is 13.8. The Morgan fingerprint density at radius 2 is 1.03 bits per heavy atom. The summed E-state index contributed by atoms with van der Waals surface area (Å²) in [6.45, 7) is 3.75. The molecule has 0 spiro atoms. The second kappa shape index (κ2) is 7.53. The lowest BCUT2D eigenvalue weighted by Crippen LogP contribution is -2.57. The van der Waals surface area contributed by atoms with Crippen LogP contribution in [0.3, 0.4) is 0 Å². The molecule has 7 rings (SSSR count). The smallest absolute Gasteiger partial charge is 0.238 e. The van der Waals surface area contributed by atoms with Crippen molar-refractivity contribution in [2.75, 3.05) is 24.0 Å². The molecule has 5 aliphatic rings. The lowest BCUT2D eigenvalue weighted by molar-refractivity contribution is -0.146. The van der Waals surface area contributed by atoms with Crippen LogP contribution in [0.5, 0.6) is 11.5 Å². The molecule has 2 heterocycles. The van der Waals surface area contributed by atoms with Gasteiger partial charge in [-0.15, -0.1) is 0 Å². The van der Waals surface area contributed by atoms with Crippen molar-refractivity contribution < 1.29 is 28.7 Å². The minimum absolute atomic E-state index is 0.319. The Balaban J connectivity index is 1.42. The van der Waals surface area contributed by atoms with Crippen LogP contribution in [-0.2, 0) is 19.2 Å². The van der Waals surface area contributed by atoms with Crippen LogP contribution < -0.4 is 19.3 Å². The van der Waals surface area contributed by atoms with Crippen molar-refractivity contribution in [3.05, 3.63) is 60.2 Å². The summed E-state index contributed by atoms with van der Waals surface area (Å²) in [6, 6.07) is 13.5. The summed E-state index contributed by atoms with van der Waals surface area (Å²) in [5.74, 6) is -3.38. The van der Waals surface area contributed by atoms with E-state index in [-0.39, 0.29) is 23.6 Å². The third kappa shape index (κ3) is 2.69. The normalized spacial score (nSPS) is 32.6. The van der Waals surface area contributed by atoms with Gasteiger partial charge in [0, 0.05) is 11.3 Å². The molecule has 0 N–H and O–H groups in total. The molecule has 0 radical (unpaired) electrons. The zero-order valence-electron chi connectivity index (χ0n) is 20.4. The molecule has 36 heavy (non-hydrogen) atoms. The molecule has 8 nitrogen and oxygen atoms in total. The molecule has 2 aromatic rings. The highest BCUT2D eigenvalue weighted by atomic mass is 16.5. The molecular weight excluding hydrogens is 460 g/mol. The molecule has 1 saturated carbocycles. The van der Waals surface area contributed by atoms with Crippen molar-refractivity contribution in [2.45, 2.75) is 13.8 Å². The predicted molar refractivity (Wildman–Crippen MR) is 130 cm³/mol. The van der Waals surface area contributed by atoms with E-state index in [9.17, 15) is 19.2 Å². The molecule has 2 aromatic carbocycles. The van der Waals surface area contributed by atoms with Gasteiger partial charge in [0.05, 0.1) is 49.3 Å². The molecule has 2 aliphatic heterocycles. The number of anilines is 2. The molecule has 2 saturated heterocycles. The van der Waals surface area contributed by atoms with E-state index in [4.69, 9.17) is 9.47 Å². The monoisotopic (exact) mass is 486 g/mol. The lowest BCUT2D eigenvalue weighted by atomic mass is 9.46. The highest BCUT2D eigenvalue weighted by Gasteiger charge is 2.74. The van der Waals surface area contributed by atoms with E-state index >= 15 is 0 Å². The van der Waals surface area contributed by atoms with Crippen LogP contribution in [-0.4, -0.2) is 37.8 Å². The number of benzene rings is 2. The third-order valence-corrected chi connectivity index (χ3v) is 8.54. The van der Waals surface area contributed by atoms with Gasteiger partial charge in [-0.3, -0.25) is 29.0 Å². The predicted octanol–water partition coefficient (Wildman–Crippen LogP) is 3.21. The van der Waals surface area contributed by atoms with Gasteiger partial charge in [-0.2, -0.15) is 0 Å². The quantitative estimate of drug-likeness (QED) is 0.487. The van der Waals surface area contributed by atoms with E-state index < -0.39 is 35.0 Å². The summed E-state index contributed by atoms with van der Waals surface area (Å²) in [7, 11) is 3.09. The number of methoxy groups -OCH3 is 2. The van der Waals surface area contributed by atoms with E-state index in [1.807, 2.05) is 19.9 Å². The number of hydrogen-bond donors (Lipinski definition) is 0. The Hall–Kier alpha value is -3.94. The number of hydrogen-bond acceptors (Lipinski definition) is 6. The second-order valence-electron chi connectivity index (χ2n) is 10.2. The summed E-state index contributed by atoms with van der Waals surface area (Å²) in [6.07, 6.45) is 1.96. The highest BCUT2D eigenvalue weighted by Crippen LogP contribution is 2.66. The Bertz CT molecular complexity index is 1250. The fraction of sp³-hybridized carbons (Fsp3) is 0.357. The number of rotatable bonds is 4. The van der Waals surface area contributed by atoms with Crippen LogP contribution in [0.25, 0.3) is 0 Å². The number of nitrogens with zero attached hydrogens (tertiary/aromatic N) is 2. The fourth-order valence-electron chi connectivity index (χ4n) is 7.13. The largest absolute Gasteiger partial charge is 0.497 e. The Morgan fingerprint density at radius 1 is 0.639 bits per heavy atom. The fourth-order valence-corrected chi connectivity index (χ4v) is 7.13. The van der Waals surface area contributed by atoms with Gasteiger partial charge in [0.25, 0.3) is 0 Å². The Labute approximate surface area is 208 Å². The molecule has 3 aliphatic carbocycles. The molecule has 3 fully saturated rings. The summed E-state index contributed by atoms with van der Waals surface area (Å²) < 4.78 is 10.4. The SMILES string of the molecule is COc1ccc(N2C(=O)[C@@H]3[C@@H](C2=O)C2C(C)=CC3(C)[C@H]3C(=O)N(c4ccc(OC)cc4)C(=O)[C@@H]23)cc1. The number of amides is 4. The van der Waals surface area contributed by atoms with Crippen molar-refractivity contribution in [3.63, 3.8) is 0 Å². The van der Waals surface area contributed by atoms with Gasteiger partial charge >= 0.3 is 0 Å². The highest BCUT2D eigenvalue weighted by molar-refractivity contribution is 6.26. The molecule has 2 bridgehead atoms. The van der Waals surface area contributed by atoms with Crippen LogP contribution in [0.2, 0.25) is 0 Å². The maximum Gasteiger partial charge on any atom is 0.238 e. The molecule has 4 amide bonds. The van der Waals surface area contributed by atoms with Crippen LogP contribution in [0, 0.1) is 35.0 Å². The van der Waals surface area contributed by atoms with Gasteiger partial charge in [-0.1, -0.05) is 18.6 Å². The van der Waals surface area contributed by atoms with Crippen LogP contribution in [0.4, 0.5) is 11.4 Å². The minimum atomic E-state index is -0.962. The van der Waals surface area contributed by atoms with Gasteiger partial charge in [-0.05, 0) is 55.5 Å². The molecular formula is C28H26N2O6. The van der Waals surface area contributed by atoms with E-state index in [1.54, 1.807) is 62.8 Å². The van der Waals surface area contributed by atoms with E-state index in [0.29, 0.717) is 22.9 Å². The van der Waals surface area contributed by atoms with Gasteiger partial charge in [-0.25, -0.2) is 0 Å². The number of allylic oxidation sites excluding steroid dienone is 2. The van der Waals surface area contributed by atoms with Gasteiger partial charge in [0.1, 0.15) is 11.5 Å². The molecule has 184 valence electrons. The second-order valence-corrected chi connectivity index (χ2v) is 10.2. The van der Waals surface area contributed by atoms with E-state index in [0.717, 1.165) is 5.57 Å². The zero-order valence-corrected chi connectivity index (χ0v) is 20.4. The van der Waals surface area contributed by atoms with Crippen molar-refractivity contribution in [3.8, 4) is 11.5 Å². The van der Waals surface area contributed by atoms with Crippen molar-refractivity contribution in [1.29, 1.82) is 0 Å². The number of ether oxygens (including phenoxy) is 2. The first kappa shape index (κ1) is 22.5. The molecule has 6 atom stereocenters. The number of imide groups is 2. The molecule has 8 heteroatoms. The average molecular weight is 487 g/mol. The maximum atomic E-state index is 13.8. The summed E-state index contributed by atoms with van der Waals surface area (Å²) in [5.41, 5.74) is 0.846. The summed E-state index contributed by atoms with van der Waals surface area (Å²) in [4.78, 5) is 57.7. The van der Waals surface area contributed by atoms with Crippen LogP contribution in [0.1, 0.15) is 13.8 Å². The van der Waals surface area contributed by atoms with Crippen LogP contribution in [0.15, 0.2) is 60.2 Å². The van der Waals surface area contributed by atoms with Crippen molar-refractivity contribution in [1.82, 2.24) is 0 Å². The minimum Gasteiger partial charge on any atom is -0.497 e. The van der Waals surface area contributed by atoms with Gasteiger partial charge < -0.3 is 9.47 Å². The van der Waals surface area contributed by atoms with Crippen molar-refractivity contribution >= 4 is 35.0 Å². The molecule has 2 unspecified atom stereocenters. The lowest BCUT2D eigenvalue weighted by Gasteiger charge is -2.53. The van der Waals surface area contributed by atoms with E-state index in [2.05, 4.69) is 0 Å². The first-order valence-corrected chi connectivity index (χ1v) is 12.0. The Kier molecular flexibility index (Phi) is 4.71.